The van der Waals surface area contributed by atoms with Crippen LogP contribution in [-0.4, -0.2) is 17.6 Å². The molecule has 0 aliphatic heterocycles. The van der Waals surface area contributed by atoms with Crippen molar-refractivity contribution in [3.63, 3.8) is 0 Å². The molecule has 21 heavy (non-hydrogen) atoms. The summed E-state index contributed by atoms with van der Waals surface area (Å²) in [5.74, 6) is -0.573. The van der Waals surface area contributed by atoms with Gasteiger partial charge in [-0.15, -0.1) is 0 Å². The van der Waals surface area contributed by atoms with E-state index in [1.807, 2.05) is 18.2 Å². The van der Waals surface area contributed by atoms with E-state index in [1.165, 1.54) is 11.6 Å². The average molecular weight is 284 g/mol. The van der Waals surface area contributed by atoms with Gasteiger partial charge in [0.05, 0.1) is 16.9 Å². The third-order valence-corrected chi connectivity index (χ3v) is 3.60. The maximum Gasteiger partial charge on any atom is 0.337 e. The van der Waals surface area contributed by atoms with Gasteiger partial charge in [-0.25, -0.2) is 4.79 Å². The second-order valence-electron chi connectivity index (χ2n) is 5.10. The highest BCUT2D eigenvalue weighted by Gasteiger charge is 2.11. The molecule has 0 fully saturated rings. The standard InChI is InChI=1S/C17H20N2O2/c1-12(13-6-3-2-4-7-13)10-11-19-15-9-5-8-14(16(15)18)17(20)21/h2-9,12,19H,10-11,18H2,1H3,(H,20,21). The van der Waals surface area contributed by atoms with Crippen molar-refractivity contribution in [3.05, 3.63) is 59.7 Å². The molecule has 2 rings (SSSR count). The van der Waals surface area contributed by atoms with Crippen LogP contribution < -0.4 is 11.1 Å². The zero-order chi connectivity index (χ0) is 15.2. The Morgan fingerprint density at radius 3 is 2.57 bits per heavy atom. The van der Waals surface area contributed by atoms with Crippen LogP contribution in [0.3, 0.4) is 0 Å². The van der Waals surface area contributed by atoms with Gasteiger partial charge in [-0.1, -0.05) is 43.3 Å². The lowest BCUT2D eigenvalue weighted by atomic mass is 9.98. The molecule has 110 valence electrons. The Kier molecular flexibility index (Phi) is 4.82. The molecule has 4 nitrogen and oxygen atoms in total. The highest BCUT2D eigenvalue weighted by Crippen LogP contribution is 2.24. The van der Waals surface area contributed by atoms with Gasteiger partial charge in [-0.05, 0) is 30.0 Å². The van der Waals surface area contributed by atoms with Crippen LogP contribution in [0.15, 0.2) is 48.5 Å². The van der Waals surface area contributed by atoms with E-state index in [-0.39, 0.29) is 11.3 Å². The van der Waals surface area contributed by atoms with E-state index in [0.29, 0.717) is 11.6 Å². The van der Waals surface area contributed by atoms with Gasteiger partial charge in [-0.3, -0.25) is 0 Å². The van der Waals surface area contributed by atoms with Crippen molar-refractivity contribution in [2.45, 2.75) is 19.3 Å². The molecule has 0 heterocycles. The molecule has 0 aliphatic rings. The summed E-state index contributed by atoms with van der Waals surface area (Å²) >= 11 is 0. The molecule has 0 spiro atoms. The van der Waals surface area contributed by atoms with Gasteiger partial charge >= 0.3 is 5.97 Å². The molecule has 0 radical (unpaired) electrons. The van der Waals surface area contributed by atoms with Crippen molar-refractivity contribution in [2.75, 3.05) is 17.6 Å². The van der Waals surface area contributed by atoms with Crippen LogP contribution in [0.4, 0.5) is 11.4 Å². The minimum absolute atomic E-state index is 0.135. The van der Waals surface area contributed by atoms with Gasteiger partial charge in [0.15, 0.2) is 0 Å². The fraction of sp³-hybridized carbons (Fsp3) is 0.235. The van der Waals surface area contributed by atoms with Gasteiger partial charge in [0.1, 0.15) is 0 Å². The third kappa shape index (κ3) is 3.75. The second-order valence-corrected chi connectivity index (χ2v) is 5.10. The zero-order valence-electron chi connectivity index (χ0n) is 12.0. The number of aromatic carboxylic acids is 1. The van der Waals surface area contributed by atoms with E-state index in [4.69, 9.17) is 10.8 Å². The number of hydrogen-bond donors (Lipinski definition) is 3. The smallest absolute Gasteiger partial charge is 0.337 e. The Bertz CT molecular complexity index is 611. The number of carboxylic acid groups (broad SMARTS) is 1. The molecule has 0 aromatic heterocycles. The molecule has 0 saturated heterocycles. The Morgan fingerprint density at radius 2 is 1.90 bits per heavy atom. The number of nitrogens with one attached hydrogen (secondary N) is 1. The van der Waals surface area contributed by atoms with Crippen LogP contribution >= 0.6 is 0 Å². The van der Waals surface area contributed by atoms with E-state index in [2.05, 4.69) is 24.4 Å². The number of para-hydroxylation sites is 1. The van der Waals surface area contributed by atoms with Crippen molar-refractivity contribution in [1.82, 2.24) is 0 Å². The summed E-state index contributed by atoms with van der Waals surface area (Å²) in [6.45, 7) is 2.91. The number of anilines is 2. The maximum absolute atomic E-state index is 11.0. The summed E-state index contributed by atoms with van der Waals surface area (Å²) in [5, 5.41) is 12.3. The fourth-order valence-corrected chi connectivity index (χ4v) is 2.28. The highest BCUT2D eigenvalue weighted by atomic mass is 16.4. The summed E-state index contributed by atoms with van der Waals surface area (Å²) in [5.41, 5.74) is 8.27. The molecule has 1 atom stereocenters. The maximum atomic E-state index is 11.0. The molecular formula is C17H20N2O2. The number of hydrogen-bond acceptors (Lipinski definition) is 3. The Labute approximate surface area is 124 Å². The normalized spacial score (nSPS) is 11.9. The zero-order valence-corrected chi connectivity index (χ0v) is 12.0. The van der Waals surface area contributed by atoms with Gasteiger partial charge in [0.2, 0.25) is 0 Å². The molecular weight excluding hydrogens is 264 g/mol. The number of carbonyl (C=O) groups is 1. The average Bonchev–Trinajstić information content (AvgIpc) is 2.49. The molecule has 0 saturated carbocycles. The summed E-state index contributed by atoms with van der Waals surface area (Å²) in [4.78, 5) is 11.0. The first-order valence-corrected chi connectivity index (χ1v) is 7.00. The number of rotatable bonds is 6. The molecule has 2 aromatic rings. The number of carboxylic acids is 1. The van der Waals surface area contributed by atoms with Crippen molar-refractivity contribution in [1.29, 1.82) is 0 Å². The van der Waals surface area contributed by atoms with E-state index in [9.17, 15) is 4.79 Å². The number of nitrogens with two attached hydrogens (primary N) is 1. The lowest BCUT2D eigenvalue weighted by molar-refractivity contribution is 0.0698. The summed E-state index contributed by atoms with van der Waals surface area (Å²) in [6.07, 6.45) is 0.945. The quantitative estimate of drug-likeness (QED) is 0.709. The van der Waals surface area contributed by atoms with Crippen LogP contribution in [0.2, 0.25) is 0 Å². The first-order valence-electron chi connectivity index (χ1n) is 7.00. The van der Waals surface area contributed by atoms with Crippen molar-refractivity contribution in [3.8, 4) is 0 Å². The molecule has 0 bridgehead atoms. The van der Waals surface area contributed by atoms with Crippen molar-refractivity contribution < 1.29 is 9.90 Å². The van der Waals surface area contributed by atoms with Gasteiger partial charge in [0.25, 0.3) is 0 Å². The van der Waals surface area contributed by atoms with E-state index in [1.54, 1.807) is 12.1 Å². The van der Waals surface area contributed by atoms with Crippen molar-refractivity contribution in [2.24, 2.45) is 0 Å². The summed E-state index contributed by atoms with van der Waals surface area (Å²) < 4.78 is 0. The third-order valence-electron chi connectivity index (χ3n) is 3.60. The van der Waals surface area contributed by atoms with Gasteiger partial charge in [0, 0.05) is 6.54 Å². The summed E-state index contributed by atoms with van der Waals surface area (Å²) in [7, 11) is 0. The van der Waals surface area contributed by atoms with Crippen LogP contribution in [0.25, 0.3) is 0 Å². The SMILES string of the molecule is CC(CCNc1cccc(C(=O)O)c1N)c1ccccc1. The Morgan fingerprint density at radius 1 is 1.19 bits per heavy atom. The minimum Gasteiger partial charge on any atom is -0.478 e. The fourth-order valence-electron chi connectivity index (χ4n) is 2.28. The highest BCUT2D eigenvalue weighted by molar-refractivity contribution is 5.97. The molecule has 1 unspecified atom stereocenters. The minimum atomic E-state index is -1.01. The van der Waals surface area contributed by atoms with Crippen LogP contribution in [0.1, 0.15) is 35.2 Å². The first kappa shape index (κ1) is 14.9. The van der Waals surface area contributed by atoms with Gasteiger partial charge in [-0.2, -0.15) is 0 Å². The van der Waals surface area contributed by atoms with Crippen LogP contribution in [0.5, 0.6) is 0 Å². The topological polar surface area (TPSA) is 75.3 Å². The predicted octanol–water partition coefficient (Wildman–Crippen LogP) is 3.57. The van der Waals surface area contributed by atoms with E-state index >= 15 is 0 Å². The molecule has 0 aliphatic carbocycles. The Hall–Kier alpha value is -2.49. The molecule has 0 amide bonds. The number of benzene rings is 2. The van der Waals surface area contributed by atoms with E-state index < -0.39 is 5.97 Å². The number of nitrogen functional groups attached to an aromatic ring is 1. The molecule has 4 N–H and O–H groups in total. The lowest BCUT2D eigenvalue weighted by Crippen LogP contribution is -2.10. The first-order chi connectivity index (χ1) is 10.1. The lowest BCUT2D eigenvalue weighted by Gasteiger charge is -2.15. The van der Waals surface area contributed by atoms with Crippen LogP contribution in [-0.2, 0) is 0 Å². The van der Waals surface area contributed by atoms with Crippen LogP contribution in [0, 0.1) is 0 Å². The van der Waals surface area contributed by atoms with Gasteiger partial charge < -0.3 is 16.2 Å². The predicted molar refractivity (Wildman–Crippen MR) is 85.8 cm³/mol. The monoisotopic (exact) mass is 284 g/mol. The molecule has 2 aromatic carbocycles. The van der Waals surface area contributed by atoms with Crippen molar-refractivity contribution >= 4 is 17.3 Å². The Balaban J connectivity index is 1.95. The largest absolute Gasteiger partial charge is 0.478 e. The summed E-state index contributed by atoms with van der Waals surface area (Å²) in [6, 6.07) is 15.3. The molecule has 4 heteroatoms. The second kappa shape index (κ2) is 6.79. The van der Waals surface area contributed by atoms with E-state index in [0.717, 1.165) is 13.0 Å².